The molecular weight excluding hydrogens is 298 g/mol. The van der Waals surface area contributed by atoms with Gasteiger partial charge in [0.1, 0.15) is 17.7 Å². The van der Waals surface area contributed by atoms with Gasteiger partial charge in [0, 0.05) is 17.8 Å². The zero-order valence-electron chi connectivity index (χ0n) is 10.1. The molecule has 1 aromatic carbocycles. The summed E-state index contributed by atoms with van der Waals surface area (Å²) in [6.07, 6.45) is 1.63. The first-order chi connectivity index (χ1) is 8.60. The minimum atomic E-state index is -0.0826. The van der Waals surface area contributed by atoms with E-state index >= 15 is 0 Å². The van der Waals surface area contributed by atoms with E-state index in [2.05, 4.69) is 20.9 Å². The van der Waals surface area contributed by atoms with Crippen molar-refractivity contribution in [2.24, 2.45) is 0 Å². The molecule has 1 aromatic heterocycles. The summed E-state index contributed by atoms with van der Waals surface area (Å²) in [5.41, 5.74) is 1.21. The zero-order valence-corrected chi connectivity index (χ0v) is 11.7. The number of nitrogens with zero attached hydrogens (tertiary/aromatic N) is 1. The summed E-state index contributed by atoms with van der Waals surface area (Å²) in [4.78, 5) is 16.0. The normalized spacial score (nSPS) is 10.4. The van der Waals surface area contributed by atoms with Crippen molar-refractivity contribution < 1.29 is 13.9 Å². The number of Topliss-reactive ketones (excluding diaryl/α,β-unsaturated/α-hetero) is 1. The molecule has 2 aromatic rings. The number of halogens is 1. The highest BCUT2D eigenvalue weighted by Gasteiger charge is 2.13. The number of aromatic nitrogens is 1. The van der Waals surface area contributed by atoms with Crippen molar-refractivity contribution in [2.75, 3.05) is 7.11 Å². The Kier molecular flexibility index (Phi) is 3.81. The average molecular weight is 310 g/mol. The molecule has 0 radical (unpaired) electrons. The lowest BCUT2D eigenvalue weighted by atomic mass is 10.1. The molecule has 0 atom stereocenters. The molecule has 94 valence electrons. The maximum atomic E-state index is 12.0. The number of methoxy groups -OCH3 is 1. The molecule has 0 saturated carbocycles. The molecule has 5 heteroatoms. The van der Waals surface area contributed by atoms with Crippen molar-refractivity contribution in [3.05, 3.63) is 46.1 Å². The first kappa shape index (κ1) is 12.8. The number of hydrogen-bond donors (Lipinski definition) is 0. The third-order valence-electron chi connectivity index (χ3n) is 2.51. The lowest BCUT2D eigenvalue weighted by molar-refractivity contribution is 0.0988. The largest absolute Gasteiger partial charge is 0.497 e. The Morgan fingerprint density at radius 2 is 2.28 bits per heavy atom. The van der Waals surface area contributed by atoms with Crippen LogP contribution in [0.1, 0.15) is 21.9 Å². The van der Waals surface area contributed by atoms with Crippen molar-refractivity contribution in [2.45, 2.75) is 13.3 Å². The summed E-state index contributed by atoms with van der Waals surface area (Å²) >= 11 is 3.41. The summed E-state index contributed by atoms with van der Waals surface area (Å²) in [6, 6.07) is 5.52. The molecule has 0 saturated heterocycles. The van der Waals surface area contributed by atoms with Crippen LogP contribution in [0.3, 0.4) is 0 Å². The van der Waals surface area contributed by atoms with Gasteiger partial charge in [-0.3, -0.25) is 4.79 Å². The molecule has 0 amide bonds. The molecule has 2 rings (SSSR count). The fourth-order valence-corrected chi connectivity index (χ4v) is 1.96. The number of carbonyl (C=O) groups is 1. The van der Waals surface area contributed by atoms with Crippen molar-refractivity contribution in [1.29, 1.82) is 0 Å². The SMILES string of the molecule is COc1ccc(Br)c(CC(=O)c2coc(C)n2)c1. The van der Waals surface area contributed by atoms with Crippen LogP contribution < -0.4 is 4.74 Å². The second-order valence-electron chi connectivity index (χ2n) is 3.81. The number of ether oxygens (including phenoxy) is 1. The fraction of sp³-hybridized carbons (Fsp3) is 0.231. The van der Waals surface area contributed by atoms with Gasteiger partial charge in [0.15, 0.2) is 11.7 Å². The molecule has 0 unspecified atom stereocenters. The van der Waals surface area contributed by atoms with Gasteiger partial charge in [-0.1, -0.05) is 15.9 Å². The summed E-state index contributed by atoms with van der Waals surface area (Å²) in [5.74, 6) is 1.13. The van der Waals surface area contributed by atoms with Crippen LogP contribution in [0.25, 0.3) is 0 Å². The minimum absolute atomic E-state index is 0.0826. The summed E-state index contributed by atoms with van der Waals surface area (Å²) in [6.45, 7) is 1.71. The highest BCUT2D eigenvalue weighted by molar-refractivity contribution is 9.10. The van der Waals surface area contributed by atoms with Crippen molar-refractivity contribution in [3.63, 3.8) is 0 Å². The van der Waals surface area contributed by atoms with Crippen LogP contribution in [0.15, 0.2) is 33.4 Å². The second-order valence-corrected chi connectivity index (χ2v) is 4.66. The number of oxazole rings is 1. The summed E-state index contributed by atoms with van der Waals surface area (Å²) < 4.78 is 11.0. The van der Waals surface area contributed by atoms with Crippen LogP contribution in [-0.2, 0) is 6.42 Å². The van der Waals surface area contributed by atoms with E-state index in [0.29, 0.717) is 11.6 Å². The Hall–Kier alpha value is -1.62. The standard InChI is InChI=1S/C13H12BrNO3/c1-8-15-12(7-18-8)13(16)6-9-5-10(17-2)3-4-11(9)14/h3-5,7H,6H2,1-2H3. The van der Waals surface area contributed by atoms with Gasteiger partial charge in [0.25, 0.3) is 0 Å². The highest BCUT2D eigenvalue weighted by atomic mass is 79.9. The second kappa shape index (κ2) is 5.35. The average Bonchev–Trinajstić information content (AvgIpc) is 2.79. The van der Waals surface area contributed by atoms with Gasteiger partial charge in [0.2, 0.25) is 0 Å². The quantitative estimate of drug-likeness (QED) is 0.814. The van der Waals surface area contributed by atoms with E-state index in [4.69, 9.17) is 9.15 Å². The number of carbonyl (C=O) groups excluding carboxylic acids is 1. The van der Waals surface area contributed by atoms with E-state index in [1.807, 2.05) is 18.2 Å². The van der Waals surface area contributed by atoms with Crippen LogP contribution in [-0.4, -0.2) is 17.9 Å². The number of rotatable bonds is 4. The van der Waals surface area contributed by atoms with E-state index in [0.717, 1.165) is 15.8 Å². The summed E-state index contributed by atoms with van der Waals surface area (Å²) in [7, 11) is 1.59. The van der Waals surface area contributed by atoms with E-state index in [1.165, 1.54) is 6.26 Å². The third-order valence-corrected chi connectivity index (χ3v) is 3.28. The minimum Gasteiger partial charge on any atom is -0.497 e. The van der Waals surface area contributed by atoms with Gasteiger partial charge in [-0.2, -0.15) is 0 Å². The van der Waals surface area contributed by atoms with Gasteiger partial charge in [-0.05, 0) is 23.8 Å². The molecule has 0 spiro atoms. The molecule has 0 aliphatic rings. The van der Waals surface area contributed by atoms with E-state index in [1.54, 1.807) is 14.0 Å². The van der Waals surface area contributed by atoms with Gasteiger partial charge >= 0.3 is 0 Å². The van der Waals surface area contributed by atoms with Gasteiger partial charge < -0.3 is 9.15 Å². The monoisotopic (exact) mass is 309 g/mol. The van der Waals surface area contributed by atoms with Crippen LogP contribution in [0, 0.1) is 6.92 Å². The van der Waals surface area contributed by atoms with Crippen LogP contribution in [0.4, 0.5) is 0 Å². The van der Waals surface area contributed by atoms with E-state index in [9.17, 15) is 4.79 Å². The van der Waals surface area contributed by atoms with Gasteiger partial charge in [-0.25, -0.2) is 4.98 Å². The van der Waals surface area contributed by atoms with Crippen LogP contribution in [0.2, 0.25) is 0 Å². The Morgan fingerprint density at radius 3 is 2.89 bits per heavy atom. The maximum Gasteiger partial charge on any atom is 0.191 e. The van der Waals surface area contributed by atoms with E-state index in [-0.39, 0.29) is 12.2 Å². The predicted molar refractivity (Wildman–Crippen MR) is 70.0 cm³/mol. The van der Waals surface area contributed by atoms with Gasteiger partial charge in [-0.15, -0.1) is 0 Å². The molecule has 0 aliphatic carbocycles. The fourth-order valence-electron chi connectivity index (χ4n) is 1.57. The molecule has 0 bridgehead atoms. The number of hydrogen-bond acceptors (Lipinski definition) is 4. The third kappa shape index (κ3) is 2.79. The molecule has 18 heavy (non-hydrogen) atoms. The molecule has 0 aliphatic heterocycles. The smallest absolute Gasteiger partial charge is 0.191 e. The molecular formula is C13H12BrNO3. The highest BCUT2D eigenvalue weighted by Crippen LogP contribution is 2.23. The molecule has 0 N–H and O–H groups in total. The Morgan fingerprint density at radius 1 is 1.50 bits per heavy atom. The Bertz CT molecular complexity index is 577. The Balaban J connectivity index is 2.21. The first-order valence-corrected chi connectivity index (χ1v) is 6.17. The summed E-state index contributed by atoms with van der Waals surface area (Å²) in [5, 5.41) is 0. The van der Waals surface area contributed by atoms with Crippen LogP contribution in [0.5, 0.6) is 5.75 Å². The van der Waals surface area contributed by atoms with Crippen molar-refractivity contribution in [3.8, 4) is 5.75 Å². The Labute approximate surface area is 113 Å². The lowest BCUT2D eigenvalue weighted by Crippen LogP contribution is -2.05. The first-order valence-electron chi connectivity index (χ1n) is 5.38. The lowest BCUT2D eigenvalue weighted by Gasteiger charge is -2.05. The van der Waals surface area contributed by atoms with Gasteiger partial charge in [0.05, 0.1) is 7.11 Å². The number of aryl methyl sites for hydroxylation is 1. The molecule has 4 nitrogen and oxygen atoms in total. The number of benzene rings is 1. The maximum absolute atomic E-state index is 12.0. The predicted octanol–water partition coefficient (Wildman–Crippen LogP) is 3.18. The molecule has 0 fully saturated rings. The molecule has 1 heterocycles. The zero-order chi connectivity index (χ0) is 13.1. The van der Waals surface area contributed by atoms with Crippen molar-refractivity contribution >= 4 is 21.7 Å². The van der Waals surface area contributed by atoms with Crippen LogP contribution >= 0.6 is 15.9 Å². The van der Waals surface area contributed by atoms with E-state index < -0.39 is 0 Å². The van der Waals surface area contributed by atoms with Crippen molar-refractivity contribution in [1.82, 2.24) is 4.98 Å². The topological polar surface area (TPSA) is 52.3 Å². The number of ketones is 1.